The minimum Gasteiger partial charge on any atom is -0.494 e. The van der Waals surface area contributed by atoms with Gasteiger partial charge in [-0.1, -0.05) is 25.1 Å². The lowest BCUT2D eigenvalue weighted by molar-refractivity contribution is -0.127. The number of hydrogen-bond acceptors (Lipinski definition) is 4. The number of pyridine rings is 1. The van der Waals surface area contributed by atoms with Crippen molar-refractivity contribution >= 4 is 12.0 Å². The molecule has 0 saturated carbocycles. The van der Waals surface area contributed by atoms with E-state index in [1.165, 1.54) is 5.56 Å². The second-order valence-corrected chi connectivity index (χ2v) is 6.71. The Morgan fingerprint density at radius 1 is 1.15 bits per heavy atom. The van der Waals surface area contributed by atoms with Crippen molar-refractivity contribution in [2.24, 2.45) is 0 Å². The molecule has 0 aliphatic carbocycles. The van der Waals surface area contributed by atoms with Crippen LogP contribution in [0.3, 0.4) is 0 Å². The summed E-state index contributed by atoms with van der Waals surface area (Å²) < 4.78 is 5.58. The summed E-state index contributed by atoms with van der Waals surface area (Å²) in [5, 5.41) is 0. The molecule has 0 bridgehead atoms. The number of amides is 1. The highest BCUT2D eigenvalue weighted by Crippen LogP contribution is 2.14. The van der Waals surface area contributed by atoms with Crippen molar-refractivity contribution in [1.29, 1.82) is 0 Å². The largest absolute Gasteiger partial charge is 0.494 e. The monoisotopic (exact) mass is 365 g/mol. The first-order valence-corrected chi connectivity index (χ1v) is 9.55. The standard InChI is InChI=1S/C22H27N3O2/c1-2-16-27-21-8-5-19(6-9-21)7-10-22(26)25-14-12-24(13-15-25)18-20-4-3-11-23-17-20/h3-11,17H,2,12-16,18H2,1H3/b10-7+. The molecule has 1 aromatic carbocycles. The highest BCUT2D eigenvalue weighted by molar-refractivity contribution is 5.91. The summed E-state index contributed by atoms with van der Waals surface area (Å²) in [6, 6.07) is 11.9. The van der Waals surface area contributed by atoms with Gasteiger partial charge >= 0.3 is 0 Å². The van der Waals surface area contributed by atoms with E-state index in [2.05, 4.69) is 22.9 Å². The van der Waals surface area contributed by atoms with Gasteiger partial charge in [0.05, 0.1) is 6.61 Å². The van der Waals surface area contributed by atoms with Crippen molar-refractivity contribution in [3.05, 3.63) is 66.0 Å². The van der Waals surface area contributed by atoms with Crippen molar-refractivity contribution in [2.45, 2.75) is 19.9 Å². The summed E-state index contributed by atoms with van der Waals surface area (Å²) in [7, 11) is 0. The van der Waals surface area contributed by atoms with Crippen LogP contribution in [0.5, 0.6) is 5.75 Å². The van der Waals surface area contributed by atoms with Crippen molar-refractivity contribution in [2.75, 3.05) is 32.8 Å². The molecule has 0 atom stereocenters. The molecule has 1 amide bonds. The number of rotatable bonds is 7. The molecule has 5 heteroatoms. The zero-order valence-electron chi connectivity index (χ0n) is 15.9. The maximum atomic E-state index is 12.4. The highest BCUT2D eigenvalue weighted by Gasteiger charge is 2.19. The van der Waals surface area contributed by atoms with Gasteiger partial charge in [0.1, 0.15) is 5.75 Å². The molecular formula is C22H27N3O2. The van der Waals surface area contributed by atoms with Gasteiger partial charge in [-0.25, -0.2) is 0 Å². The number of hydrogen-bond donors (Lipinski definition) is 0. The van der Waals surface area contributed by atoms with Crippen LogP contribution < -0.4 is 4.74 Å². The lowest BCUT2D eigenvalue weighted by Crippen LogP contribution is -2.47. The summed E-state index contributed by atoms with van der Waals surface area (Å²) in [5.41, 5.74) is 2.21. The maximum absolute atomic E-state index is 12.4. The Bertz CT molecular complexity index is 736. The van der Waals surface area contributed by atoms with Gasteiger partial charge in [0, 0.05) is 51.2 Å². The molecule has 27 heavy (non-hydrogen) atoms. The van der Waals surface area contributed by atoms with Gasteiger partial charge in [0.15, 0.2) is 0 Å². The third-order valence-corrected chi connectivity index (χ3v) is 4.58. The summed E-state index contributed by atoms with van der Waals surface area (Å²) in [6.07, 6.45) is 8.22. The van der Waals surface area contributed by atoms with Gasteiger partial charge in [0.25, 0.3) is 0 Å². The average Bonchev–Trinajstić information content (AvgIpc) is 2.72. The number of carbonyl (C=O) groups is 1. The average molecular weight is 365 g/mol. The number of nitrogens with zero attached hydrogens (tertiary/aromatic N) is 3. The SMILES string of the molecule is CCCOc1ccc(/C=C/C(=O)N2CCN(Cc3cccnc3)CC2)cc1. The van der Waals surface area contributed by atoms with Crippen LogP contribution in [0.15, 0.2) is 54.9 Å². The molecule has 0 spiro atoms. The van der Waals surface area contributed by atoms with Crippen molar-refractivity contribution in [1.82, 2.24) is 14.8 Å². The van der Waals surface area contributed by atoms with E-state index < -0.39 is 0 Å². The summed E-state index contributed by atoms with van der Waals surface area (Å²) >= 11 is 0. The molecule has 5 nitrogen and oxygen atoms in total. The Kier molecular flexibility index (Phi) is 6.99. The van der Waals surface area contributed by atoms with Gasteiger partial charge in [0.2, 0.25) is 5.91 Å². The first kappa shape index (κ1) is 19.1. The molecule has 1 fully saturated rings. The quantitative estimate of drug-likeness (QED) is 0.707. The minimum atomic E-state index is 0.0716. The normalized spacial score (nSPS) is 15.2. The number of aromatic nitrogens is 1. The van der Waals surface area contributed by atoms with E-state index in [0.29, 0.717) is 0 Å². The maximum Gasteiger partial charge on any atom is 0.246 e. The molecule has 1 aliphatic heterocycles. The predicted molar refractivity (Wildman–Crippen MR) is 107 cm³/mol. The van der Waals surface area contributed by atoms with Crippen LogP contribution in [-0.4, -0.2) is 53.5 Å². The van der Waals surface area contributed by atoms with Crippen molar-refractivity contribution in [3.63, 3.8) is 0 Å². The van der Waals surface area contributed by atoms with E-state index in [-0.39, 0.29) is 5.91 Å². The summed E-state index contributed by atoms with van der Waals surface area (Å²) in [6.45, 7) is 6.98. The second-order valence-electron chi connectivity index (χ2n) is 6.71. The molecule has 1 aliphatic rings. The summed E-state index contributed by atoms with van der Waals surface area (Å²) in [4.78, 5) is 20.9. The molecule has 2 aromatic rings. The fraction of sp³-hybridized carbons (Fsp3) is 0.364. The van der Waals surface area contributed by atoms with Crippen molar-refractivity contribution < 1.29 is 9.53 Å². The van der Waals surface area contributed by atoms with Crippen LogP contribution in [0.2, 0.25) is 0 Å². The topological polar surface area (TPSA) is 45.7 Å². The van der Waals surface area contributed by atoms with E-state index in [1.807, 2.05) is 47.5 Å². The fourth-order valence-electron chi connectivity index (χ4n) is 3.04. The number of carbonyl (C=O) groups excluding carboxylic acids is 1. The second kappa shape index (κ2) is 9.88. The van der Waals surface area contributed by atoms with E-state index in [1.54, 1.807) is 12.3 Å². The molecule has 1 saturated heterocycles. The van der Waals surface area contributed by atoms with E-state index >= 15 is 0 Å². The first-order valence-electron chi connectivity index (χ1n) is 9.55. The van der Waals surface area contributed by atoms with Crippen LogP contribution in [0, 0.1) is 0 Å². The zero-order valence-corrected chi connectivity index (χ0v) is 15.9. The number of benzene rings is 1. The molecule has 1 aromatic heterocycles. The van der Waals surface area contributed by atoms with Gasteiger partial charge in [-0.05, 0) is 41.8 Å². The molecule has 0 radical (unpaired) electrons. The Morgan fingerprint density at radius 2 is 1.93 bits per heavy atom. The van der Waals surface area contributed by atoms with Crippen LogP contribution >= 0.6 is 0 Å². The number of ether oxygens (including phenoxy) is 1. The Balaban J connectivity index is 1.45. The Hall–Kier alpha value is -2.66. The van der Waals surface area contributed by atoms with Gasteiger partial charge in [-0.15, -0.1) is 0 Å². The third-order valence-electron chi connectivity index (χ3n) is 4.58. The van der Waals surface area contributed by atoms with Crippen molar-refractivity contribution in [3.8, 4) is 5.75 Å². The molecule has 142 valence electrons. The van der Waals surface area contributed by atoms with E-state index in [9.17, 15) is 4.79 Å². The lowest BCUT2D eigenvalue weighted by Gasteiger charge is -2.34. The molecular weight excluding hydrogens is 338 g/mol. The van der Waals surface area contributed by atoms with E-state index in [4.69, 9.17) is 4.74 Å². The van der Waals surface area contributed by atoms with Crippen LogP contribution in [0.4, 0.5) is 0 Å². The fourth-order valence-corrected chi connectivity index (χ4v) is 3.04. The molecule has 0 unspecified atom stereocenters. The Labute approximate surface area is 161 Å². The smallest absolute Gasteiger partial charge is 0.246 e. The summed E-state index contributed by atoms with van der Waals surface area (Å²) in [5.74, 6) is 0.937. The van der Waals surface area contributed by atoms with Crippen LogP contribution in [0.25, 0.3) is 6.08 Å². The third kappa shape index (κ3) is 5.93. The molecule has 2 heterocycles. The van der Waals surface area contributed by atoms with Crippen LogP contribution in [-0.2, 0) is 11.3 Å². The van der Waals surface area contributed by atoms with Crippen LogP contribution in [0.1, 0.15) is 24.5 Å². The van der Waals surface area contributed by atoms with Gasteiger partial charge < -0.3 is 9.64 Å². The van der Waals surface area contributed by atoms with Gasteiger partial charge in [-0.3, -0.25) is 14.7 Å². The highest BCUT2D eigenvalue weighted by atomic mass is 16.5. The Morgan fingerprint density at radius 3 is 2.59 bits per heavy atom. The molecule has 0 N–H and O–H groups in total. The van der Waals surface area contributed by atoms with E-state index in [0.717, 1.165) is 57.1 Å². The molecule has 3 rings (SSSR count). The number of piperazine rings is 1. The van der Waals surface area contributed by atoms with Gasteiger partial charge in [-0.2, -0.15) is 0 Å². The minimum absolute atomic E-state index is 0.0716. The zero-order chi connectivity index (χ0) is 18.9. The lowest BCUT2D eigenvalue weighted by atomic mass is 10.2. The first-order chi connectivity index (χ1) is 13.2. The predicted octanol–water partition coefficient (Wildman–Crippen LogP) is 3.23.